The Morgan fingerprint density at radius 1 is 1.20 bits per heavy atom. The minimum absolute atomic E-state index is 0. The van der Waals surface area contributed by atoms with Gasteiger partial charge in [0.1, 0.15) is 0 Å². The van der Waals surface area contributed by atoms with Crippen LogP contribution in [0.1, 0.15) is 0 Å². The molecule has 0 bridgehead atoms. The maximum atomic E-state index is 11.3. The van der Waals surface area contributed by atoms with E-state index in [0.29, 0.717) is 0 Å². The maximum absolute atomic E-state index is 11.3. The smallest absolute Gasteiger partial charge is 0.742 e. The van der Waals surface area contributed by atoms with E-state index < -0.39 is 21.4 Å². The largest absolute Gasteiger partial charge is 1.00 e. The zero-order chi connectivity index (χ0) is 7.65. The van der Waals surface area contributed by atoms with E-state index in [2.05, 4.69) is 0 Å². The molecule has 54 valence electrons. The number of halogens is 3. The van der Waals surface area contributed by atoms with Gasteiger partial charge in [0.25, 0.3) is 5.16 Å². The third kappa shape index (κ3) is 4.83. The molecule has 0 aliphatic heterocycles. The topological polar surface area (TPSA) is 57.2 Å². The van der Waals surface area contributed by atoms with Gasteiger partial charge in [-0.3, -0.25) is 0 Å². The second-order valence-corrected chi connectivity index (χ2v) is 2.25. The summed E-state index contributed by atoms with van der Waals surface area (Å²) in [5.41, 5.74) is 0. The molecule has 0 rings (SSSR count). The SMILES string of the molecule is O=S(=O)([O-])C(F)=C(F)F.[K+]. The summed E-state index contributed by atoms with van der Waals surface area (Å²) in [6, 6.07) is 0. The van der Waals surface area contributed by atoms with Crippen molar-refractivity contribution in [1.82, 2.24) is 0 Å². The van der Waals surface area contributed by atoms with E-state index in [4.69, 9.17) is 0 Å². The van der Waals surface area contributed by atoms with E-state index in [0.717, 1.165) is 0 Å². The first-order valence-electron chi connectivity index (χ1n) is 1.52. The standard InChI is InChI=1S/C2HF3O3S.K/c3-1(4)2(5)9(6,7)8;/h(H,6,7,8);/q;+1/p-1. The molecule has 0 radical (unpaired) electrons. The van der Waals surface area contributed by atoms with Crippen LogP contribution in [0.15, 0.2) is 11.2 Å². The Kier molecular flexibility index (Phi) is 6.63. The molecule has 0 aliphatic carbocycles. The molecule has 0 heterocycles. The molecule has 0 amide bonds. The average Bonchev–Trinajstić information content (AvgIpc) is 1.62. The van der Waals surface area contributed by atoms with E-state index in [9.17, 15) is 26.1 Å². The van der Waals surface area contributed by atoms with Crippen LogP contribution in [0.3, 0.4) is 0 Å². The molecule has 0 aromatic rings. The third-order valence-corrected chi connectivity index (χ3v) is 0.961. The summed E-state index contributed by atoms with van der Waals surface area (Å²) in [4.78, 5) is 0. The van der Waals surface area contributed by atoms with Gasteiger partial charge in [-0.05, 0) is 0 Å². The van der Waals surface area contributed by atoms with Gasteiger partial charge in [0.05, 0.1) is 0 Å². The molecular weight excluding hydrogens is 200 g/mol. The van der Waals surface area contributed by atoms with Crippen molar-refractivity contribution in [2.24, 2.45) is 0 Å². The summed E-state index contributed by atoms with van der Waals surface area (Å²) in [5.74, 6) is 0. The zero-order valence-corrected chi connectivity index (χ0v) is 8.71. The monoisotopic (exact) mass is 200 g/mol. The quantitative estimate of drug-likeness (QED) is 0.349. The second-order valence-electron chi connectivity index (χ2n) is 0.988. The molecule has 0 atom stereocenters. The Labute approximate surface area is 97.5 Å². The molecule has 0 aromatic carbocycles. The molecule has 0 aromatic heterocycles. The summed E-state index contributed by atoms with van der Waals surface area (Å²) >= 11 is 0. The predicted octanol–water partition coefficient (Wildman–Crippen LogP) is -2.43. The van der Waals surface area contributed by atoms with Gasteiger partial charge in [-0.25, -0.2) is 8.42 Å². The van der Waals surface area contributed by atoms with Gasteiger partial charge in [-0.2, -0.15) is 13.2 Å². The van der Waals surface area contributed by atoms with E-state index in [1.807, 2.05) is 0 Å². The van der Waals surface area contributed by atoms with Crippen LogP contribution in [0.5, 0.6) is 0 Å². The van der Waals surface area contributed by atoms with Crippen LogP contribution >= 0.6 is 0 Å². The molecule has 0 spiro atoms. The van der Waals surface area contributed by atoms with Crippen LogP contribution in [-0.4, -0.2) is 13.0 Å². The van der Waals surface area contributed by atoms with Gasteiger partial charge in [-0.15, -0.1) is 0 Å². The average molecular weight is 200 g/mol. The van der Waals surface area contributed by atoms with E-state index in [1.165, 1.54) is 0 Å². The first-order chi connectivity index (χ1) is 3.85. The van der Waals surface area contributed by atoms with Crippen molar-refractivity contribution in [2.45, 2.75) is 0 Å². The van der Waals surface area contributed by atoms with Crippen molar-refractivity contribution in [2.75, 3.05) is 0 Å². The Bertz CT molecular complexity index is 228. The predicted molar refractivity (Wildman–Crippen MR) is 20.0 cm³/mol. The van der Waals surface area contributed by atoms with Crippen molar-refractivity contribution in [1.29, 1.82) is 0 Å². The van der Waals surface area contributed by atoms with Crippen molar-refractivity contribution in [3.63, 3.8) is 0 Å². The van der Waals surface area contributed by atoms with Crippen molar-refractivity contribution in [3.8, 4) is 0 Å². The fraction of sp³-hybridized carbons (Fsp3) is 0. The Morgan fingerprint density at radius 2 is 1.50 bits per heavy atom. The minimum Gasteiger partial charge on any atom is -0.742 e. The van der Waals surface area contributed by atoms with Crippen LogP contribution in [0.2, 0.25) is 0 Å². The van der Waals surface area contributed by atoms with E-state index in [-0.39, 0.29) is 51.4 Å². The van der Waals surface area contributed by atoms with Gasteiger partial charge < -0.3 is 4.55 Å². The number of rotatable bonds is 1. The van der Waals surface area contributed by atoms with E-state index in [1.54, 1.807) is 0 Å². The first-order valence-corrected chi connectivity index (χ1v) is 2.93. The fourth-order valence-electron chi connectivity index (χ4n) is 0.0945. The molecule has 0 unspecified atom stereocenters. The van der Waals surface area contributed by atoms with Gasteiger partial charge in [0.15, 0.2) is 10.1 Å². The summed E-state index contributed by atoms with van der Waals surface area (Å²) in [6.45, 7) is 0. The molecule has 10 heavy (non-hydrogen) atoms. The summed E-state index contributed by atoms with van der Waals surface area (Å²) < 4.78 is 60.9. The Hall–Kier alpha value is 1.08. The van der Waals surface area contributed by atoms with Gasteiger partial charge >= 0.3 is 57.5 Å². The maximum Gasteiger partial charge on any atom is 1.00 e. The van der Waals surface area contributed by atoms with Crippen LogP contribution < -0.4 is 51.4 Å². The molecule has 8 heteroatoms. The molecule has 0 fully saturated rings. The van der Waals surface area contributed by atoms with Crippen molar-refractivity contribution < 1.29 is 77.5 Å². The van der Waals surface area contributed by atoms with Gasteiger partial charge in [0.2, 0.25) is 0 Å². The molecule has 3 nitrogen and oxygen atoms in total. The molecular formula is C2F3KO3S. The normalized spacial score (nSPS) is 10.0. The summed E-state index contributed by atoms with van der Waals surface area (Å²) in [6.07, 6.45) is -3.12. The molecule has 0 N–H and O–H groups in total. The van der Waals surface area contributed by atoms with Gasteiger partial charge in [-0.1, -0.05) is 0 Å². The van der Waals surface area contributed by atoms with Crippen LogP contribution in [0.4, 0.5) is 13.2 Å². The summed E-state index contributed by atoms with van der Waals surface area (Å²) in [7, 11) is -5.59. The van der Waals surface area contributed by atoms with Crippen molar-refractivity contribution in [3.05, 3.63) is 11.2 Å². The minimum atomic E-state index is -5.59. The molecule has 0 aliphatic rings. The number of hydrogen-bond donors (Lipinski definition) is 0. The van der Waals surface area contributed by atoms with Gasteiger partial charge in [0, 0.05) is 0 Å². The second kappa shape index (κ2) is 4.85. The summed E-state index contributed by atoms with van der Waals surface area (Å²) in [5, 5.41) is -2.91. The first kappa shape index (κ1) is 13.7. The fourth-order valence-corrected chi connectivity index (χ4v) is 0.283. The van der Waals surface area contributed by atoms with Crippen LogP contribution in [0.25, 0.3) is 0 Å². The number of hydrogen-bond acceptors (Lipinski definition) is 3. The third-order valence-electron chi connectivity index (χ3n) is 0.368. The van der Waals surface area contributed by atoms with Crippen LogP contribution in [0, 0.1) is 0 Å². The molecule has 0 saturated carbocycles. The molecule has 0 saturated heterocycles. The van der Waals surface area contributed by atoms with E-state index >= 15 is 0 Å². The Balaban J connectivity index is 0. The van der Waals surface area contributed by atoms with Crippen LogP contribution in [-0.2, 0) is 10.1 Å². The van der Waals surface area contributed by atoms with Crippen molar-refractivity contribution >= 4 is 10.1 Å². The Morgan fingerprint density at radius 3 is 1.50 bits per heavy atom. The zero-order valence-electron chi connectivity index (χ0n) is 4.77.